The van der Waals surface area contributed by atoms with Crippen molar-refractivity contribution in [3.8, 4) is 5.75 Å². The van der Waals surface area contributed by atoms with E-state index in [2.05, 4.69) is 36.4 Å². The van der Waals surface area contributed by atoms with Gasteiger partial charge in [0.05, 0.1) is 0 Å². The van der Waals surface area contributed by atoms with E-state index in [1.807, 2.05) is 13.0 Å². The summed E-state index contributed by atoms with van der Waals surface area (Å²) in [6, 6.07) is 6.25. The maximum atomic E-state index is 9.81. The van der Waals surface area contributed by atoms with Gasteiger partial charge in [-0.05, 0) is 68.6 Å². The number of aryl methyl sites for hydroxylation is 1. The zero-order valence-electron chi connectivity index (χ0n) is 12.3. The van der Waals surface area contributed by atoms with Crippen LogP contribution < -0.4 is 0 Å². The average molecular weight is 268 g/mol. The molecule has 2 aliphatic rings. The molecule has 0 heterocycles. The van der Waals surface area contributed by atoms with E-state index in [1.165, 1.54) is 37.7 Å². The molecule has 3 rings (SSSR count). The smallest absolute Gasteiger partial charge is 0.118 e. The van der Waals surface area contributed by atoms with Crippen molar-refractivity contribution in [1.82, 2.24) is 0 Å². The Morgan fingerprint density at radius 3 is 2.60 bits per heavy atom. The first kappa shape index (κ1) is 13.5. The van der Waals surface area contributed by atoms with E-state index in [1.54, 1.807) is 0 Å². The highest BCUT2D eigenvalue weighted by atomic mass is 16.3. The molecule has 0 saturated carbocycles. The third kappa shape index (κ3) is 2.30. The Kier molecular flexibility index (Phi) is 3.69. The fourth-order valence-electron chi connectivity index (χ4n) is 3.98. The third-order valence-electron chi connectivity index (χ3n) is 5.23. The summed E-state index contributed by atoms with van der Waals surface area (Å²) in [6.45, 7) is 2.01. The van der Waals surface area contributed by atoms with Gasteiger partial charge in [0.25, 0.3) is 0 Å². The molecule has 2 atom stereocenters. The van der Waals surface area contributed by atoms with Gasteiger partial charge < -0.3 is 5.11 Å². The number of phenols is 1. The van der Waals surface area contributed by atoms with Gasteiger partial charge in [-0.15, -0.1) is 0 Å². The summed E-state index contributed by atoms with van der Waals surface area (Å²) in [7, 11) is 0. The topological polar surface area (TPSA) is 20.2 Å². The fourth-order valence-corrected chi connectivity index (χ4v) is 3.98. The van der Waals surface area contributed by atoms with Crippen LogP contribution in [-0.4, -0.2) is 5.11 Å². The van der Waals surface area contributed by atoms with Crippen molar-refractivity contribution in [2.75, 3.05) is 0 Å². The van der Waals surface area contributed by atoms with Crippen molar-refractivity contribution in [3.05, 3.63) is 53.6 Å². The highest BCUT2D eigenvalue weighted by molar-refractivity contribution is 5.40. The summed E-state index contributed by atoms with van der Waals surface area (Å²) in [6.07, 6.45) is 16.7. The highest BCUT2D eigenvalue weighted by Crippen LogP contribution is 2.48. The molecular weight excluding hydrogens is 244 g/mol. The molecule has 0 aliphatic heterocycles. The first-order valence-corrected chi connectivity index (χ1v) is 7.82. The van der Waals surface area contributed by atoms with E-state index >= 15 is 0 Å². The van der Waals surface area contributed by atoms with Crippen molar-refractivity contribution >= 4 is 0 Å². The molecule has 20 heavy (non-hydrogen) atoms. The lowest BCUT2D eigenvalue weighted by molar-refractivity contribution is 0.226. The van der Waals surface area contributed by atoms with Crippen LogP contribution in [0.15, 0.2) is 42.5 Å². The highest BCUT2D eigenvalue weighted by Gasteiger charge is 2.39. The number of hydrogen-bond donors (Lipinski definition) is 1. The van der Waals surface area contributed by atoms with Crippen LogP contribution in [0, 0.1) is 12.8 Å². The summed E-state index contributed by atoms with van der Waals surface area (Å²) >= 11 is 0. The second-order valence-corrected chi connectivity index (χ2v) is 6.35. The molecule has 0 amide bonds. The number of hydrogen-bond acceptors (Lipinski definition) is 1. The quantitative estimate of drug-likeness (QED) is 0.745. The number of phenolic OH excluding ortho intramolecular Hbond substituents is 1. The average Bonchev–Trinajstić information content (AvgIpc) is 2.51. The Balaban J connectivity index is 2.02. The van der Waals surface area contributed by atoms with Crippen molar-refractivity contribution in [3.63, 3.8) is 0 Å². The zero-order chi connectivity index (χ0) is 14.0. The van der Waals surface area contributed by atoms with Crippen molar-refractivity contribution in [2.24, 2.45) is 5.92 Å². The van der Waals surface area contributed by atoms with Gasteiger partial charge in [0.15, 0.2) is 0 Å². The van der Waals surface area contributed by atoms with Crippen LogP contribution in [0.4, 0.5) is 0 Å². The van der Waals surface area contributed by atoms with Crippen molar-refractivity contribution in [1.29, 1.82) is 0 Å². The number of aromatic hydroxyl groups is 1. The predicted octanol–water partition coefficient (Wildman–Crippen LogP) is 5.03. The lowest BCUT2D eigenvalue weighted by atomic mass is 9.60. The first-order valence-electron chi connectivity index (χ1n) is 7.82. The van der Waals surface area contributed by atoms with Crippen LogP contribution in [0.1, 0.15) is 49.7 Å². The largest absolute Gasteiger partial charge is 0.508 e. The van der Waals surface area contributed by atoms with Gasteiger partial charge in [-0.2, -0.15) is 0 Å². The first-order chi connectivity index (χ1) is 9.72. The van der Waals surface area contributed by atoms with Gasteiger partial charge >= 0.3 is 0 Å². The van der Waals surface area contributed by atoms with Gasteiger partial charge in [-0.1, -0.05) is 36.4 Å². The third-order valence-corrected chi connectivity index (χ3v) is 5.23. The van der Waals surface area contributed by atoms with Crippen LogP contribution >= 0.6 is 0 Å². The van der Waals surface area contributed by atoms with Crippen molar-refractivity contribution < 1.29 is 5.11 Å². The van der Waals surface area contributed by atoms with E-state index in [0.29, 0.717) is 5.75 Å². The molecule has 2 aliphatic carbocycles. The molecule has 1 aromatic rings. The molecule has 106 valence electrons. The van der Waals surface area contributed by atoms with Crippen LogP contribution in [0.5, 0.6) is 5.75 Å². The zero-order valence-corrected chi connectivity index (χ0v) is 12.3. The number of allylic oxidation sites excluding steroid dienone is 4. The van der Waals surface area contributed by atoms with E-state index in [9.17, 15) is 5.11 Å². The Morgan fingerprint density at radius 2 is 1.95 bits per heavy atom. The van der Waals surface area contributed by atoms with Crippen LogP contribution in [-0.2, 0) is 5.41 Å². The molecule has 0 fully saturated rings. The monoisotopic (exact) mass is 268 g/mol. The Labute approximate surface area is 122 Å². The van der Waals surface area contributed by atoms with Gasteiger partial charge in [0.2, 0.25) is 0 Å². The summed E-state index contributed by atoms with van der Waals surface area (Å²) in [5, 5.41) is 9.81. The molecule has 1 N–H and O–H groups in total. The Bertz CT molecular complexity index is 541. The predicted molar refractivity (Wildman–Crippen MR) is 84.0 cm³/mol. The van der Waals surface area contributed by atoms with Gasteiger partial charge in [0, 0.05) is 5.41 Å². The SMILES string of the molecule is Cc1cc(C2(C3CC=CCC3)CC=CCC2)ccc1O. The van der Waals surface area contributed by atoms with Gasteiger partial charge in [0.1, 0.15) is 5.75 Å². The molecule has 0 aromatic heterocycles. The molecule has 0 radical (unpaired) electrons. The summed E-state index contributed by atoms with van der Waals surface area (Å²) in [5.74, 6) is 1.15. The molecule has 2 unspecified atom stereocenters. The maximum absolute atomic E-state index is 9.81. The number of benzene rings is 1. The van der Waals surface area contributed by atoms with Crippen LogP contribution in [0.3, 0.4) is 0 Å². The van der Waals surface area contributed by atoms with E-state index < -0.39 is 0 Å². The summed E-state index contributed by atoms with van der Waals surface area (Å²) in [5.41, 5.74) is 2.71. The molecule has 1 aromatic carbocycles. The molecule has 0 saturated heterocycles. The number of rotatable bonds is 2. The summed E-state index contributed by atoms with van der Waals surface area (Å²) < 4.78 is 0. The van der Waals surface area contributed by atoms with Crippen molar-refractivity contribution in [2.45, 2.75) is 50.9 Å². The minimum Gasteiger partial charge on any atom is -0.508 e. The minimum atomic E-state index is 0.276. The Hall–Kier alpha value is -1.50. The standard InChI is InChI=1S/C19H24O/c1-15-14-17(10-11-18(15)20)19(12-6-3-7-13-19)16-8-4-2-5-9-16/h2-4,6,10-11,14,16,20H,5,7-9,12-13H2,1H3. The fraction of sp³-hybridized carbons (Fsp3) is 0.474. The lowest BCUT2D eigenvalue weighted by Gasteiger charge is -2.43. The van der Waals surface area contributed by atoms with E-state index in [4.69, 9.17) is 0 Å². The van der Waals surface area contributed by atoms with E-state index in [-0.39, 0.29) is 5.41 Å². The van der Waals surface area contributed by atoms with E-state index in [0.717, 1.165) is 17.9 Å². The second-order valence-electron chi connectivity index (χ2n) is 6.35. The molecule has 0 spiro atoms. The summed E-state index contributed by atoms with van der Waals surface area (Å²) in [4.78, 5) is 0. The van der Waals surface area contributed by atoms with Crippen LogP contribution in [0.25, 0.3) is 0 Å². The van der Waals surface area contributed by atoms with Gasteiger partial charge in [-0.25, -0.2) is 0 Å². The maximum Gasteiger partial charge on any atom is 0.118 e. The molecule has 0 bridgehead atoms. The van der Waals surface area contributed by atoms with Crippen LogP contribution in [0.2, 0.25) is 0 Å². The molecular formula is C19H24O. The lowest BCUT2D eigenvalue weighted by Crippen LogP contribution is -2.36. The van der Waals surface area contributed by atoms with Gasteiger partial charge in [-0.3, -0.25) is 0 Å². The minimum absolute atomic E-state index is 0.276. The normalized spacial score (nSPS) is 29.6. The molecule has 1 heteroatoms. The Morgan fingerprint density at radius 1 is 1.10 bits per heavy atom. The molecule has 1 nitrogen and oxygen atoms in total. The second kappa shape index (κ2) is 5.47.